The van der Waals surface area contributed by atoms with Crippen molar-refractivity contribution in [1.29, 1.82) is 0 Å². The second-order valence-electron chi connectivity index (χ2n) is 6.06. The molecule has 140 valence electrons. The fourth-order valence-corrected chi connectivity index (χ4v) is 3.47. The number of carbonyl (C=O) groups is 2. The van der Waals surface area contributed by atoms with Gasteiger partial charge in [-0.15, -0.1) is 11.8 Å². The summed E-state index contributed by atoms with van der Waals surface area (Å²) in [7, 11) is 0. The Bertz CT molecular complexity index is 915. The van der Waals surface area contributed by atoms with Gasteiger partial charge in [-0.25, -0.2) is 4.79 Å². The first kappa shape index (κ1) is 18.9. The first-order chi connectivity index (χ1) is 12.9. The molecule has 0 saturated heterocycles. The standard InChI is InChI=1S/C19H18N2O5S/c1-12(18(22)20-10-9-13-5-3-4-6-16(13)20)26-19(23)15-11-14(27-2)7-8-17(15)21(24)25/h3-8,11-12H,9-10H2,1-2H3. The Morgan fingerprint density at radius 2 is 2.00 bits per heavy atom. The fourth-order valence-electron chi connectivity index (χ4n) is 3.03. The normalized spacial score (nSPS) is 13.8. The van der Waals surface area contributed by atoms with E-state index in [1.54, 1.807) is 17.2 Å². The molecule has 0 aromatic heterocycles. The molecule has 0 spiro atoms. The van der Waals surface area contributed by atoms with Gasteiger partial charge in [0.25, 0.3) is 11.6 Å². The summed E-state index contributed by atoms with van der Waals surface area (Å²) in [5.74, 6) is -1.23. The van der Waals surface area contributed by atoms with Crippen molar-refractivity contribution in [2.75, 3.05) is 17.7 Å². The lowest BCUT2D eigenvalue weighted by Gasteiger charge is -2.21. The molecule has 1 atom stereocenters. The number of nitro benzene ring substituents is 1. The number of benzene rings is 2. The minimum atomic E-state index is -1.05. The van der Waals surface area contributed by atoms with E-state index in [1.807, 2.05) is 24.3 Å². The number of carbonyl (C=O) groups excluding carboxylic acids is 2. The number of thioether (sulfide) groups is 1. The molecule has 0 bridgehead atoms. The molecule has 1 aliphatic rings. The second-order valence-corrected chi connectivity index (χ2v) is 6.94. The number of esters is 1. The molecule has 2 aromatic carbocycles. The zero-order valence-electron chi connectivity index (χ0n) is 14.9. The molecule has 0 N–H and O–H groups in total. The molecule has 1 amide bonds. The van der Waals surface area contributed by atoms with Gasteiger partial charge in [-0.1, -0.05) is 18.2 Å². The maximum absolute atomic E-state index is 12.7. The quantitative estimate of drug-likeness (QED) is 0.338. The van der Waals surface area contributed by atoms with Crippen molar-refractivity contribution >= 4 is 35.0 Å². The number of fused-ring (bicyclic) bond motifs is 1. The zero-order valence-corrected chi connectivity index (χ0v) is 15.7. The van der Waals surface area contributed by atoms with Crippen LogP contribution in [0, 0.1) is 10.1 Å². The summed E-state index contributed by atoms with van der Waals surface area (Å²) in [6, 6.07) is 11.8. The Morgan fingerprint density at radius 3 is 2.70 bits per heavy atom. The van der Waals surface area contributed by atoms with Crippen molar-refractivity contribution in [2.24, 2.45) is 0 Å². The highest BCUT2D eigenvalue weighted by molar-refractivity contribution is 7.98. The van der Waals surface area contributed by atoms with E-state index < -0.39 is 17.0 Å². The van der Waals surface area contributed by atoms with E-state index in [1.165, 1.54) is 30.8 Å². The summed E-state index contributed by atoms with van der Waals surface area (Å²) in [4.78, 5) is 38.1. The number of nitro groups is 1. The van der Waals surface area contributed by atoms with E-state index in [4.69, 9.17) is 4.74 Å². The molecule has 8 heteroatoms. The van der Waals surface area contributed by atoms with Gasteiger partial charge in [0.15, 0.2) is 6.10 Å². The third-order valence-corrected chi connectivity index (χ3v) is 5.13. The predicted molar refractivity (Wildman–Crippen MR) is 102 cm³/mol. The highest BCUT2D eigenvalue weighted by Crippen LogP contribution is 2.29. The predicted octanol–water partition coefficient (Wildman–Crippen LogP) is 3.45. The summed E-state index contributed by atoms with van der Waals surface area (Å²) >= 11 is 1.35. The molecule has 1 aliphatic heterocycles. The fraction of sp³-hybridized carbons (Fsp3) is 0.263. The van der Waals surface area contributed by atoms with Gasteiger partial charge in [-0.05, 0) is 43.4 Å². The van der Waals surface area contributed by atoms with Gasteiger partial charge in [0, 0.05) is 23.2 Å². The Morgan fingerprint density at radius 1 is 1.26 bits per heavy atom. The van der Waals surface area contributed by atoms with E-state index in [0.29, 0.717) is 11.4 Å². The number of nitrogens with zero attached hydrogens (tertiary/aromatic N) is 2. The van der Waals surface area contributed by atoms with Gasteiger partial charge in [0.1, 0.15) is 5.56 Å². The Kier molecular flexibility index (Phi) is 5.46. The largest absolute Gasteiger partial charge is 0.449 e. The number of ether oxygens (including phenoxy) is 1. The van der Waals surface area contributed by atoms with Gasteiger partial charge >= 0.3 is 5.97 Å². The average Bonchev–Trinajstić information content (AvgIpc) is 3.10. The van der Waals surface area contributed by atoms with E-state index >= 15 is 0 Å². The molecule has 0 radical (unpaired) electrons. The highest BCUT2D eigenvalue weighted by Gasteiger charge is 2.31. The Balaban J connectivity index is 1.78. The number of anilines is 1. The van der Waals surface area contributed by atoms with E-state index in [0.717, 1.165) is 17.7 Å². The van der Waals surface area contributed by atoms with Crippen molar-refractivity contribution in [3.05, 3.63) is 63.7 Å². The first-order valence-corrected chi connectivity index (χ1v) is 9.57. The van der Waals surface area contributed by atoms with Crippen LogP contribution < -0.4 is 4.90 Å². The van der Waals surface area contributed by atoms with E-state index in [-0.39, 0.29) is 17.2 Å². The van der Waals surface area contributed by atoms with Crippen LogP contribution in [0.3, 0.4) is 0 Å². The van der Waals surface area contributed by atoms with Gasteiger partial charge in [0.2, 0.25) is 0 Å². The molecule has 2 aromatic rings. The van der Waals surface area contributed by atoms with Crippen LogP contribution in [0.2, 0.25) is 0 Å². The van der Waals surface area contributed by atoms with Crippen LogP contribution in [0.15, 0.2) is 47.4 Å². The lowest BCUT2D eigenvalue weighted by Crippen LogP contribution is -2.39. The molecule has 0 saturated carbocycles. The van der Waals surface area contributed by atoms with Crippen LogP contribution in [0.1, 0.15) is 22.8 Å². The summed E-state index contributed by atoms with van der Waals surface area (Å²) in [5, 5.41) is 11.2. The second kappa shape index (κ2) is 7.79. The van der Waals surface area contributed by atoms with Crippen LogP contribution in [0.5, 0.6) is 0 Å². The van der Waals surface area contributed by atoms with Crippen molar-refractivity contribution in [1.82, 2.24) is 0 Å². The van der Waals surface area contributed by atoms with Crippen LogP contribution in [-0.4, -0.2) is 35.7 Å². The van der Waals surface area contributed by atoms with Crippen LogP contribution in [0.25, 0.3) is 0 Å². The summed E-state index contributed by atoms with van der Waals surface area (Å²) in [5.41, 5.74) is 1.37. The first-order valence-electron chi connectivity index (χ1n) is 8.35. The summed E-state index contributed by atoms with van der Waals surface area (Å²) in [6.07, 6.45) is 1.48. The number of hydrogen-bond donors (Lipinski definition) is 0. The molecule has 0 aliphatic carbocycles. The van der Waals surface area contributed by atoms with Crippen LogP contribution >= 0.6 is 11.8 Å². The summed E-state index contributed by atoms with van der Waals surface area (Å²) < 4.78 is 5.27. The maximum atomic E-state index is 12.7. The van der Waals surface area contributed by atoms with Crippen LogP contribution in [0.4, 0.5) is 11.4 Å². The van der Waals surface area contributed by atoms with E-state index in [9.17, 15) is 19.7 Å². The minimum Gasteiger partial charge on any atom is -0.449 e. The van der Waals surface area contributed by atoms with Gasteiger partial charge < -0.3 is 9.64 Å². The maximum Gasteiger partial charge on any atom is 0.345 e. The molecule has 7 nitrogen and oxygen atoms in total. The van der Waals surface area contributed by atoms with Gasteiger partial charge in [-0.3, -0.25) is 14.9 Å². The van der Waals surface area contributed by atoms with Gasteiger partial charge in [-0.2, -0.15) is 0 Å². The van der Waals surface area contributed by atoms with Crippen molar-refractivity contribution < 1.29 is 19.2 Å². The number of amides is 1. The third-order valence-electron chi connectivity index (χ3n) is 4.41. The topological polar surface area (TPSA) is 89.7 Å². The molecule has 3 rings (SSSR count). The van der Waals surface area contributed by atoms with E-state index in [2.05, 4.69) is 0 Å². The Labute approximate surface area is 160 Å². The van der Waals surface area contributed by atoms with Crippen molar-refractivity contribution in [2.45, 2.75) is 24.3 Å². The molecular formula is C19H18N2O5S. The average molecular weight is 386 g/mol. The highest BCUT2D eigenvalue weighted by atomic mass is 32.2. The third kappa shape index (κ3) is 3.80. The summed E-state index contributed by atoms with van der Waals surface area (Å²) in [6.45, 7) is 1.99. The minimum absolute atomic E-state index is 0.159. The molecule has 1 unspecified atom stereocenters. The zero-order chi connectivity index (χ0) is 19.6. The molecular weight excluding hydrogens is 368 g/mol. The number of rotatable bonds is 5. The van der Waals surface area contributed by atoms with Crippen LogP contribution in [-0.2, 0) is 16.0 Å². The number of para-hydroxylation sites is 1. The van der Waals surface area contributed by atoms with Crippen molar-refractivity contribution in [3.63, 3.8) is 0 Å². The smallest absolute Gasteiger partial charge is 0.345 e. The lowest BCUT2D eigenvalue weighted by atomic mass is 10.2. The molecule has 0 fully saturated rings. The lowest BCUT2D eigenvalue weighted by molar-refractivity contribution is -0.385. The van der Waals surface area contributed by atoms with Gasteiger partial charge in [0.05, 0.1) is 4.92 Å². The van der Waals surface area contributed by atoms with Crippen molar-refractivity contribution in [3.8, 4) is 0 Å². The monoisotopic (exact) mass is 386 g/mol. The number of hydrogen-bond acceptors (Lipinski definition) is 6. The Hall–Kier alpha value is -2.87. The SMILES string of the molecule is CSc1ccc([N+](=O)[O-])c(C(=O)OC(C)C(=O)N2CCc3ccccc32)c1. The molecule has 27 heavy (non-hydrogen) atoms. The molecule has 1 heterocycles.